The highest BCUT2D eigenvalue weighted by atomic mass is 16.5. The van der Waals surface area contributed by atoms with Crippen LogP contribution in [0.1, 0.15) is 69.2 Å². The van der Waals surface area contributed by atoms with Gasteiger partial charge in [0, 0.05) is 11.8 Å². The summed E-state index contributed by atoms with van der Waals surface area (Å²) in [6.45, 7) is 4.76. The first-order chi connectivity index (χ1) is 13.4. The van der Waals surface area contributed by atoms with Crippen molar-refractivity contribution in [3.63, 3.8) is 0 Å². The number of esters is 1. The molecule has 0 aliphatic heterocycles. The summed E-state index contributed by atoms with van der Waals surface area (Å²) in [6.07, 6.45) is 9.23. The van der Waals surface area contributed by atoms with E-state index in [-0.39, 0.29) is 22.9 Å². The first kappa shape index (κ1) is 18.1. The second-order valence-electron chi connectivity index (χ2n) is 10.0. The lowest BCUT2D eigenvalue weighted by atomic mass is 9.56. The van der Waals surface area contributed by atoms with Gasteiger partial charge in [-0.05, 0) is 79.9 Å². The summed E-state index contributed by atoms with van der Waals surface area (Å²) in [4.78, 5) is 24.7. The molecule has 148 valence electrons. The first-order valence-electron chi connectivity index (χ1n) is 10.9. The summed E-state index contributed by atoms with van der Waals surface area (Å²) in [5.74, 6) is 2.05. The van der Waals surface area contributed by atoms with Crippen LogP contribution in [-0.4, -0.2) is 17.9 Å². The van der Waals surface area contributed by atoms with Gasteiger partial charge < -0.3 is 4.74 Å². The smallest absolute Gasteiger partial charge is 0.338 e. The fraction of sp³-hybridized carbons (Fsp3) is 0.600. The van der Waals surface area contributed by atoms with Crippen LogP contribution in [0.15, 0.2) is 42.0 Å². The van der Waals surface area contributed by atoms with Crippen LogP contribution >= 0.6 is 0 Å². The number of rotatable bonds is 2. The Bertz CT molecular complexity index is 841. The van der Waals surface area contributed by atoms with Crippen molar-refractivity contribution in [2.45, 2.75) is 64.9 Å². The molecule has 3 nitrogen and oxygen atoms in total. The van der Waals surface area contributed by atoms with Crippen LogP contribution in [-0.2, 0) is 9.53 Å². The Labute approximate surface area is 167 Å². The highest BCUT2D eigenvalue weighted by molar-refractivity contribution is 5.91. The Hall–Kier alpha value is -1.90. The minimum Gasteiger partial charge on any atom is -0.458 e. The molecule has 0 N–H and O–H groups in total. The fourth-order valence-electron chi connectivity index (χ4n) is 7.22. The Kier molecular flexibility index (Phi) is 4.08. The van der Waals surface area contributed by atoms with E-state index in [1.165, 1.54) is 12.0 Å². The van der Waals surface area contributed by atoms with E-state index in [2.05, 4.69) is 13.8 Å². The fourth-order valence-corrected chi connectivity index (χ4v) is 7.22. The van der Waals surface area contributed by atoms with E-state index in [0.717, 1.165) is 32.1 Å². The van der Waals surface area contributed by atoms with Crippen molar-refractivity contribution in [1.82, 2.24) is 0 Å². The number of carbonyl (C=O) groups is 2. The van der Waals surface area contributed by atoms with Crippen LogP contribution in [0, 0.1) is 28.6 Å². The molecule has 0 bridgehead atoms. The summed E-state index contributed by atoms with van der Waals surface area (Å²) < 4.78 is 6.07. The number of hydrogen-bond acceptors (Lipinski definition) is 3. The van der Waals surface area contributed by atoms with Crippen molar-refractivity contribution in [2.24, 2.45) is 28.6 Å². The predicted octanol–water partition coefficient (Wildman–Crippen LogP) is 5.35. The summed E-state index contributed by atoms with van der Waals surface area (Å²) >= 11 is 0. The molecule has 4 aliphatic rings. The molecular weight excluding hydrogens is 348 g/mol. The molecule has 6 atom stereocenters. The topological polar surface area (TPSA) is 43.4 Å². The minimum atomic E-state index is -0.185. The zero-order chi connectivity index (χ0) is 19.5. The maximum atomic E-state index is 12.7. The number of hydrogen-bond donors (Lipinski definition) is 0. The van der Waals surface area contributed by atoms with E-state index in [9.17, 15) is 9.59 Å². The number of fused-ring (bicyclic) bond motifs is 5. The molecule has 5 rings (SSSR count). The SMILES string of the molecule is C[C@]12CC[C@H]3[C@@H](CC4=CC(=O)CC[C@@]43C)[C@@H]1CC[C@@H]2OC(=O)c1ccccc1. The van der Waals surface area contributed by atoms with Crippen LogP contribution in [0.2, 0.25) is 0 Å². The molecule has 3 fully saturated rings. The third-order valence-electron chi connectivity index (χ3n) is 8.84. The highest BCUT2D eigenvalue weighted by Crippen LogP contribution is 2.67. The van der Waals surface area contributed by atoms with Gasteiger partial charge >= 0.3 is 5.97 Å². The van der Waals surface area contributed by atoms with E-state index < -0.39 is 0 Å². The standard InChI is InChI=1S/C25H30O3/c1-24-12-10-18(26)14-17(24)15-19-20-8-9-22(25(20,2)13-11-21(19)24)28-23(27)16-6-4-3-5-7-16/h3-7,14,19-22H,8-13,15H2,1-2H3/t19-,20-,21-,22-,24-,25-/m0/s1. The molecule has 0 aromatic heterocycles. The number of benzene rings is 1. The molecule has 0 spiro atoms. The van der Waals surface area contributed by atoms with E-state index in [1.54, 1.807) is 0 Å². The average Bonchev–Trinajstić information content (AvgIpc) is 3.17. The van der Waals surface area contributed by atoms with Gasteiger partial charge in [0.05, 0.1) is 5.56 Å². The summed E-state index contributed by atoms with van der Waals surface area (Å²) in [7, 11) is 0. The average molecular weight is 379 g/mol. The second kappa shape index (κ2) is 6.30. The van der Waals surface area contributed by atoms with Crippen LogP contribution in [0.3, 0.4) is 0 Å². The van der Waals surface area contributed by atoms with Crippen molar-refractivity contribution in [1.29, 1.82) is 0 Å². The molecule has 1 aromatic rings. The number of allylic oxidation sites excluding steroid dienone is 2. The lowest BCUT2D eigenvalue weighted by Gasteiger charge is -2.49. The Morgan fingerprint density at radius 1 is 1.04 bits per heavy atom. The Morgan fingerprint density at radius 3 is 2.61 bits per heavy atom. The van der Waals surface area contributed by atoms with Gasteiger partial charge in [0.1, 0.15) is 6.10 Å². The maximum Gasteiger partial charge on any atom is 0.338 e. The molecule has 3 saturated carbocycles. The third-order valence-corrected chi connectivity index (χ3v) is 8.84. The monoisotopic (exact) mass is 378 g/mol. The Balaban J connectivity index is 1.38. The lowest BCUT2D eigenvalue weighted by molar-refractivity contribution is -0.116. The molecule has 0 radical (unpaired) electrons. The van der Waals surface area contributed by atoms with Gasteiger partial charge in [-0.15, -0.1) is 0 Å². The zero-order valence-corrected chi connectivity index (χ0v) is 16.9. The van der Waals surface area contributed by atoms with Gasteiger partial charge in [-0.25, -0.2) is 4.79 Å². The molecule has 0 heterocycles. The predicted molar refractivity (Wildman–Crippen MR) is 108 cm³/mol. The van der Waals surface area contributed by atoms with E-state index in [0.29, 0.717) is 35.5 Å². The van der Waals surface area contributed by atoms with E-state index >= 15 is 0 Å². The first-order valence-corrected chi connectivity index (χ1v) is 10.9. The van der Waals surface area contributed by atoms with Gasteiger partial charge in [0.25, 0.3) is 0 Å². The quantitative estimate of drug-likeness (QED) is 0.651. The summed E-state index contributed by atoms with van der Waals surface area (Å²) in [5, 5.41) is 0. The molecule has 0 unspecified atom stereocenters. The van der Waals surface area contributed by atoms with Crippen molar-refractivity contribution < 1.29 is 14.3 Å². The lowest BCUT2D eigenvalue weighted by Crippen LogP contribution is -2.45. The summed E-state index contributed by atoms with van der Waals surface area (Å²) in [5.41, 5.74) is 2.35. The van der Waals surface area contributed by atoms with Crippen LogP contribution in [0.4, 0.5) is 0 Å². The van der Waals surface area contributed by atoms with Gasteiger partial charge in [0.2, 0.25) is 0 Å². The normalized spacial score (nSPS) is 41.6. The van der Waals surface area contributed by atoms with Gasteiger partial charge in [-0.1, -0.05) is 37.6 Å². The molecule has 0 saturated heterocycles. The molecule has 1 aromatic carbocycles. The molecule has 28 heavy (non-hydrogen) atoms. The Morgan fingerprint density at radius 2 is 1.82 bits per heavy atom. The maximum absolute atomic E-state index is 12.7. The summed E-state index contributed by atoms with van der Waals surface area (Å²) in [6, 6.07) is 9.36. The number of ether oxygens (including phenoxy) is 1. The van der Waals surface area contributed by atoms with Crippen molar-refractivity contribution in [3.05, 3.63) is 47.5 Å². The molecule has 4 aliphatic carbocycles. The van der Waals surface area contributed by atoms with Crippen molar-refractivity contribution >= 4 is 11.8 Å². The van der Waals surface area contributed by atoms with E-state index in [1.807, 2.05) is 36.4 Å². The van der Waals surface area contributed by atoms with Gasteiger partial charge in [0.15, 0.2) is 5.78 Å². The van der Waals surface area contributed by atoms with Gasteiger partial charge in [-0.3, -0.25) is 4.79 Å². The molecule has 0 amide bonds. The van der Waals surface area contributed by atoms with Crippen molar-refractivity contribution in [2.75, 3.05) is 0 Å². The van der Waals surface area contributed by atoms with Crippen LogP contribution in [0.5, 0.6) is 0 Å². The molecule has 3 heteroatoms. The van der Waals surface area contributed by atoms with Crippen molar-refractivity contribution in [3.8, 4) is 0 Å². The molecular formula is C25H30O3. The largest absolute Gasteiger partial charge is 0.458 e. The number of ketones is 1. The highest BCUT2D eigenvalue weighted by Gasteiger charge is 2.61. The van der Waals surface area contributed by atoms with E-state index in [4.69, 9.17) is 4.74 Å². The minimum absolute atomic E-state index is 0.0113. The van der Waals surface area contributed by atoms with Crippen LogP contribution in [0.25, 0.3) is 0 Å². The van der Waals surface area contributed by atoms with Gasteiger partial charge in [-0.2, -0.15) is 0 Å². The number of carbonyl (C=O) groups excluding carboxylic acids is 2. The second-order valence-corrected chi connectivity index (χ2v) is 10.0. The zero-order valence-electron chi connectivity index (χ0n) is 16.9. The van der Waals surface area contributed by atoms with Crippen LogP contribution < -0.4 is 0 Å². The third kappa shape index (κ3) is 2.54.